The number of nitrogen functional groups attached to an aromatic ring is 1. The van der Waals surface area contributed by atoms with E-state index in [9.17, 15) is 5.26 Å². The Morgan fingerprint density at radius 1 is 0.963 bits per heavy atom. The van der Waals surface area contributed by atoms with Crippen molar-refractivity contribution in [3.05, 3.63) is 75.9 Å². The lowest BCUT2D eigenvalue weighted by Crippen LogP contribution is -2.01. The number of aromatic nitrogens is 2. The van der Waals surface area contributed by atoms with Gasteiger partial charge < -0.3 is 5.73 Å². The Kier molecular flexibility index (Phi) is 4.53. The number of halogens is 2. The Bertz CT molecular complexity index is 1220. The normalized spacial score (nSPS) is 10.7. The first-order chi connectivity index (χ1) is 13.1. The summed E-state index contributed by atoms with van der Waals surface area (Å²) in [5.41, 5.74) is 10.3. The van der Waals surface area contributed by atoms with Gasteiger partial charge in [-0.2, -0.15) is 5.26 Å². The molecule has 0 saturated heterocycles. The van der Waals surface area contributed by atoms with Gasteiger partial charge in [0.1, 0.15) is 22.1 Å². The topological polar surface area (TPSA) is 75.6 Å². The van der Waals surface area contributed by atoms with Gasteiger partial charge in [-0.05, 0) is 39.2 Å². The molecule has 130 valence electrons. The second-order valence-corrected chi connectivity index (χ2v) is 7.06. The molecular weight excluding hydrogens is 424 g/mol. The van der Waals surface area contributed by atoms with Crippen molar-refractivity contribution >= 4 is 44.3 Å². The molecule has 0 fully saturated rings. The van der Waals surface area contributed by atoms with Crippen LogP contribution in [0.3, 0.4) is 0 Å². The van der Waals surface area contributed by atoms with Crippen molar-refractivity contribution in [2.75, 3.05) is 5.73 Å². The molecule has 0 aliphatic carbocycles. The van der Waals surface area contributed by atoms with Crippen molar-refractivity contribution in [2.24, 2.45) is 0 Å². The molecule has 2 aromatic carbocycles. The molecule has 4 aromatic rings. The molecule has 6 heteroatoms. The maximum atomic E-state index is 9.66. The lowest BCUT2D eigenvalue weighted by Gasteiger charge is -2.14. The summed E-state index contributed by atoms with van der Waals surface area (Å²) < 4.78 is 0.373. The van der Waals surface area contributed by atoms with Crippen LogP contribution in [0.25, 0.3) is 33.3 Å². The van der Waals surface area contributed by atoms with E-state index in [1.165, 1.54) is 0 Å². The number of pyridine rings is 2. The second kappa shape index (κ2) is 6.99. The van der Waals surface area contributed by atoms with Crippen LogP contribution in [0.5, 0.6) is 0 Å². The Balaban J connectivity index is 2.18. The average molecular weight is 436 g/mol. The van der Waals surface area contributed by atoms with Crippen molar-refractivity contribution in [2.45, 2.75) is 0 Å². The fourth-order valence-corrected chi connectivity index (χ4v) is 3.75. The average Bonchev–Trinajstić information content (AvgIpc) is 2.68. The molecule has 2 heterocycles. The third-order valence-electron chi connectivity index (χ3n) is 4.28. The molecule has 0 spiro atoms. The number of nitrogens with two attached hydrogens (primary N) is 1. The van der Waals surface area contributed by atoms with Crippen LogP contribution in [0.1, 0.15) is 5.56 Å². The standard InChI is InChI=1S/C21H12BrClN4/c22-20-15(11-24)19-18(21(25)27-20)14(12-6-2-1-3-7-12)10-17(26-19)13-8-4-5-9-16(13)23/h1-10H,(H2,25,27). The van der Waals surface area contributed by atoms with Crippen LogP contribution in [0, 0.1) is 11.3 Å². The van der Waals surface area contributed by atoms with Gasteiger partial charge in [-0.1, -0.05) is 60.1 Å². The summed E-state index contributed by atoms with van der Waals surface area (Å²) >= 11 is 9.72. The molecule has 27 heavy (non-hydrogen) atoms. The van der Waals surface area contributed by atoms with Crippen molar-refractivity contribution in [1.29, 1.82) is 5.26 Å². The van der Waals surface area contributed by atoms with Crippen LogP contribution in [0.2, 0.25) is 5.02 Å². The predicted molar refractivity (Wildman–Crippen MR) is 112 cm³/mol. The SMILES string of the molecule is N#Cc1c(Br)nc(N)c2c(-c3ccccc3)cc(-c3ccccc3Cl)nc12. The molecule has 0 radical (unpaired) electrons. The molecule has 0 unspecified atom stereocenters. The highest BCUT2D eigenvalue weighted by atomic mass is 79.9. The van der Waals surface area contributed by atoms with Gasteiger partial charge in [0.15, 0.2) is 0 Å². The van der Waals surface area contributed by atoms with Crippen molar-refractivity contribution in [1.82, 2.24) is 9.97 Å². The van der Waals surface area contributed by atoms with E-state index in [4.69, 9.17) is 22.3 Å². The first-order valence-corrected chi connectivity index (χ1v) is 9.27. The third-order valence-corrected chi connectivity index (χ3v) is 5.19. The fraction of sp³-hybridized carbons (Fsp3) is 0. The summed E-state index contributed by atoms with van der Waals surface area (Å²) in [6.07, 6.45) is 0. The van der Waals surface area contributed by atoms with Crippen LogP contribution in [0.15, 0.2) is 65.3 Å². The molecule has 0 saturated carbocycles. The lowest BCUT2D eigenvalue weighted by atomic mass is 9.97. The molecular formula is C21H12BrClN4. The fourth-order valence-electron chi connectivity index (χ4n) is 3.05. The zero-order valence-electron chi connectivity index (χ0n) is 13.9. The van der Waals surface area contributed by atoms with Crippen molar-refractivity contribution in [3.63, 3.8) is 0 Å². The zero-order chi connectivity index (χ0) is 19.0. The molecule has 0 aliphatic rings. The number of nitrogens with zero attached hydrogens (tertiary/aromatic N) is 3. The number of hydrogen-bond acceptors (Lipinski definition) is 4. The van der Waals surface area contributed by atoms with Crippen LogP contribution in [-0.4, -0.2) is 9.97 Å². The van der Waals surface area contributed by atoms with Gasteiger partial charge in [-0.3, -0.25) is 0 Å². The van der Waals surface area contributed by atoms with Gasteiger partial charge in [-0.15, -0.1) is 0 Å². The quantitative estimate of drug-likeness (QED) is 0.402. The second-order valence-electron chi connectivity index (χ2n) is 5.90. The minimum atomic E-state index is 0.313. The summed E-state index contributed by atoms with van der Waals surface area (Å²) in [5, 5.41) is 10.9. The molecule has 2 N–H and O–H groups in total. The molecule has 4 nitrogen and oxygen atoms in total. The molecule has 0 bridgehead atoms. The lowest BCUT2D eigenvalue weighted by molar-refractivity contribution is 1.26. The highest BCUT2D eigenvalue weighted by molar-refractivity contribution is 9.10. The van der Waals surface area contributed by atoms with E-state index in [0.29, 0.717) is 37.6 Å². The van der Waals surface area contributed by atoms with Gasteiger partial charge in [0.2, 0.25) is 0 Å². The molecule has 0 amide bonds. The number of benzene rings is 2. The minimum absolute atomic E-state index is 0.313. The van der Waals surface area contributed by atoms with Crippen LogP contribution < -0.4 is 5.73 Å². The van der Waals surface area contributed by atoms with E-state index in [-0.39, 0.29) is 0 Å². The highest BCUT2D eigenvalue weighted by Gasteiger charge is 2.19. The van der Waals surface area contributed by atoms with Gasteiger partial charge >= 0.3 is 0 Å². The van der Waals surface area contributed by atoms with Gasteiger partial charge in [0.05, 0.1) is 16.6 Å². The number of fused-ring (bicyclic) bond motifs is 1. The Morgan fingerprint density at radius 3 is 2.37 bits per heavy atom. The zero-order valence-corrected chi connectivity index (χ0v) is 16.3. The van der Waals surface area contributed by atoms with Gasteiger partial charge in [-0.25, -0.2) is 9.97 Å². The number of hydrogen-bond donors (Lipinski definition) is 1. The van der Waals surface area contributed by atoms with Crippen LogP contribution >= 0.6 is 27.5 Å². The molecule has 0 atom stereocenters. The maximum absolute atomic E-state index is 9.66. The molecule has 0 aliphatic heterocycles. The number of rotatable bonds is 2. The maximum Gasteiger partial charge on any atom is 0.134 e. The molecule has 4 rings (SSSR count). The monoisotopic (exact) mass is 434 g/mol. The van der Waals surface area contributed by atoms with Crippen molar-refractivity contribution < 1.29 is 0 Å². The van der Waals surface area contributed by atoms with E-state index in [1.54, 1.807) is 0 Å². The Morgan fingerprint density at radius 2 is 1.67 bits per heavy atom. The van der Waals surface area contributed by atoms with E-state index in [1.807, 2.05) is 60.7 Å². The summed E-state index contributed by atoms with van der Waals surface area (Å²) in [4.78, 5) is 9.01. The Labute approximate surface area is 169 Å². The van der Waals surface area contributed by atoms with E-state index >= 15 is 0 Å². The van der Waals surface area contributed by atoms with E-state index in [0.717, 1.165) is 16.7 Å². The smallest absolute Gasteiger partial charge is 0.134 e. The Hall–Kier alpha value is -2.94. The largest absolute Gasteiger partial charge is 0.383 e. The number of nitriles is 1. The summed E-state index contributed by atoms with van der Waals surface area (Å²) in [7, 11) is 0. The minimum Gasteiger partial charge on any atom is -0.383 e. The summed E-state index contributed by atoms with van der Waals surface area (Å²) in [5.74, 6) is 0.313. The van der Waals surface area contributed by atoms with Crippen molar-refractivity contribution in [3.8, 4) is 28.5 Å². The summed E-state index contributed by atoms with van der Waals surface area (Å²) in [6.45, 7) is 0. The van der Waals surface area contributed by atoms with Crippen LogP contribution in [-0.2, 0) is 0 Å². The highest BCUT2D eigenvalue weighted by Crippen LogP contribution is 2.38. The third kappa shape index (κ3) is 3.03. The number of anilines is 1. The van der Waals surface area contributed by atoms with E-state index in [2.05, 4.69) is 27.0 Å². The van der Waals surface area contributed by atoms with E-state index < -0.39 is 0 Å². The first-order valence-electron chi connectivity index (χ1n) is 8.10. The van der Waals surface area contributed by atoms with Crippen LogP contribution in [0.4, 0.5) is 5.82 Å². The summed E-state index contributed by atoms with van der Waals surface area (Å²) in [6, 6.07) is 21.4. The van der Waals surface area contributed by atoms with Gasteiger partial charge in [0, 0.05) is 10.6 Å². The van der Waals surface area contributed by atoms with Gasteiger partial charge in [0.25, 0.3) is 0 Å². The molecule has 2 aromatic heterocycles. The predicted octanol–water partition coefficient (Wildman–Crippen LogP) is 5.83. The first kappa shape index (κ1) is 17.5.